The number of H-pyrrole nitrogens is 1. The fourth-order valence-corrected chi connectivity index (χ4v) is 2.47. The highest BCUT2D eigenvalue weighted by atomic mass is 15.1. The second-order valence-corrected chi connectivity index (χ2v) is 4.77. The molecule has 1 N–H and O–H groups in total. The zero-order valence-electron chi connectivity index (χ0n) is 11.0. The summed E-state index contributed by atoms with van der Waals surface area (Å²) in [6.45, 7) is 0. The van der Waals surface area contributed by atoms with Crippen LogP contribution < -0.4 is 0 Å². The Morgan fingerprint density at radius 3 is 2.53 bits per heavy atom. The molecule has 3 aromatic rings. The number of hydrogen-bond donors (Lipinski definition) is 1. The predicted molar refractivity (Wildman–Crippen MR) is 75.9 cm³/mol. The van der Waals surface area contributed by atoms with E-state index >= 15 is 0 Å². The molecule has 3 rings (SSSR count). The number of rotatable bonds is 3. The summed E-state index contributed by atoms with van der Waals surface area (Å²) in [7, 11) is 4.15. The van der Waals surface area contributed by atoms with Gasteiger partial charge < -0.3 is 4.98 Å². The van der Waals surface area contributed by atoms with Crippen molar-refractivity contribution in [3.8, 4) is 0 Å². The van der Waals surface area contributed by atoms with E-state index in [1.807, 2.05) is 12.3 Å². The minimum absolute atomic E-state index is 0.173. The third-order valence-corrected chi connectivity index (χ3v) is 3.26. The van der Waals surface area contributed by atoms with Gasteiger partial charge in [-0.25, -0.2) is 4.98 Å². The fourth-order valence-electron chi connectivity index (χ4n) is 2.47. The summed E-state index contributed by atoms with van der Waals surface area (Å²) in [6, 6.07) is 10.6. The lowest BCUT2D eigenvalue weighted by molar-refractivity contribution is 0.344. The fraction of sp³-hybridized carbons (Fsp3) is 0.200. The average molecular weight is 252 g/mol. The van der Waals surface area contributed by atoms with Crippen molar-refractivity contribution in [3.63, 3.8) is 0 Å². The molecule has 0 aliphatic heterocycles. The number of fused-ring (bicyclic) bond motifs is 1. The van der Waals surface area contributed by atoms with Crippen molar-refractivity contribution in [2.45, 2.75) is 6.04 Å². The van der Waals surface area contributed by atoms with Crippen LogP contribution in [0.2, 0.25) is 0 Å². The molecule has 0 aliphatic carbocycles. The van der Waals surface area contributed by atoms with E-state index < -0.39 is 0 Å². The van der Waals surface area contributed by atoms with Crippen LogP contribution in [0.1, 0.15) is 17.2 Å². The SMILES string of the molecule is CN(C)C(c1ccccc1)c1c[nH]c2nccnc12. The van der Waals surface area contributed by atoms with Crippen LogP contribution in [-0.2, 0) is 0 Å². The van der Waals surface area contributed by atoms with Crippen LogP contribution in [0.25, 0.3) is 11.2 Å². The van der Waals surface area contributed by atoms with Gasteiger partial charge in [-0.05, 0) is 19.7 Å². The van der Waals surface area contributed by atoms with Crippen molar-refractivity contribution >= 4 is 11.2 Å². The van der Waals surface area contributed by atoms with Crippen molar-refractivity contribution in [1.82, 2.24) is 19.9 Å². The zero-order valence-corrected chi connectivity index (χ0v) is 11.0. The van der Waals surface area contributed by atoms with E-state index in [4.69, 9.17) is 0 Å². The van der Waals surface area contributed by atoms with Gasteiger partial charge in [-0.15, -0.1) is 0 Å². The zero-order chi connectivity index (χ0) is 13.2. The second-order valence-electron chi connectivity index (χ2n) is 4.77. The Balaban J connectivity index is 2.16. The molecule has 0 aliphatic rings. The van der Waals surface area contributed by atoms with Crippen LogP contribution in [-0.4, -0.2) is 33.9 Å². The summed E-state index contributed by atoms with van der Waals surface area (Å²) < 4.78 is 0. The van der Waals surface area contributed by atoms with E-state index in [0.717, 1.165) is 16.7 Å². The molecule has 4 heteroatoms. The lowest BCUT2D eigenvalue weighted by atomic mass is 9.99. The van der Waals surface area contributed by atoms with Crippen molar-refractivity contribution in [3.05, 3.63) is 60.0 Å². The molecule has 19 heavy (non-hydrogen) atoms. The van der Waals surface area contributed by atoms with Crippen LogP contribution in [0, 0.1) is 0 Å². The number of hydrogen-bond acceptors (Lipinski definition) is 3. The molecule has 0 spiro atoms. The number of aromatic amines is 1. The molecule has 1 aromatic carbocycles. The highest BCUT2D eigenvalue weighted by molar-refractivity contribution is 5.75. The highest BCUT2D eigenvalue weighted by Crippen LogP contribution is 2.30. The molecule has 0 radical (unpaired) electrons. The highest BCUT2D eigenvalue weighted by Gasteiger charge is 2.20. The van der Waals surface area contributed by atoms with Gasteiger partial charge in [0, 0.05) is 24.2 Å². The molecular formula is C15H16N4. The van der Waals surface area contributed by atoms with E-state index in [0.29, 0.717) is 0 Å². The van der Waals surface area contributed by atoms with E-state index in [9.17, 15) is 0 Å². The summed E-state index contributed by atoms with van der Waals surface area (Å²) in [5, 5.41) is 0. The Hall–Kier alpha value is -2.20. The van der Waals surface area contributed by atoms with Crippen molar-refractivity contribution in [2.24, 2.45) is 0 Å². The molecule has 0 saturated carbocycles. The molecule has 2 heterocycles. The molecule has 0 bridgehead atoms. The van der Waals surface area contributed by atoms with Crippen molar-refractivity contribution in [2.75, 3.05) is 14.1 Å². The van der Waals surface area contributed by atoms with Gasteiger partial charge in [0.05, 0.1) is 6.04 Å². The second kappa shape index (κ2) is 4.82. The Morgan fingerprint density at radius 1 is 1.05 bits per heavy atom. The molecule has 0 amide bonds. The third kappa shape index (κ3) is 2.11. The summed E-state index contributed by atoms with van der Waals surface area (Å²) in [5.41, 5.74) is 4.17. The van der Waals surface area contributed by atoms with Crippen LogP contribution in [0.5, 0.6) is 0 Å². The van der Waals surface area contributed by atoms with Gasteiger partial charge in [0.1, 0.15) is 5.52 Å². The van der Waals surface area contributed by atoms with Gasteiger partial charge in [0.2, 0.25) is 0 Å². The van der Waals surface area contributed by atoms with E-state index in [1.165, 1.54) is 5.56 Å². The quantitative estimate of drug-likeness (QED) is 0.779. The number of aromatic nitrogens is 3. The molecule has 96 valence electrons. The minimum atomic E-state index is 0.173. The summed E-state index contributed by atoms with van der Waals surface area (Å²) in [5.74, 6) is 0. The van der Waals surface area contributed by atoms with Crippen molar-refractivity contribution in [1.29, 1.82) is 0 Å². The third-order valence-electron chi connectivity index (χ3n) is 3.26. The average Bonchev–Trinajstić information content (AvgIpc) is 2.84. The maximum atomic E-state index is 4.45. The normalized spacial score (nSPS) is 13.0. The van der Waals surface area contributed by atoms with Crippen LogP contribution >= 0.6 is 0 Å². The number of nitrogens with zero attached hydrogens (tertiary/aromatic N) is 3. The molecule has 0 fully saturated rings. The first-order chi connectivity index (χ1) is 9.27. The lowest BCUT2D eigenvalue weighted by Gasteiger charge is -2.24. The molecule has 1 unspecified atom stereocenters. The number of nitrogens with one attached hydrogen (secondary N) is 1. The molecule has 0 saturated heterocycles. The predicted octanol–water partition coefficient (Wildman–Crippen LogP) is 2.61. The van der Waals surface area contributed by atoms with Gasteiger partial charge >= 0.3 is 0 Å². The van der Waals surface area contributed by atoms with Crippen LogP contribution in [0.15, 0.2) is 48.9 Å². The van der Waals surface area contributed by atoms with Gasteiger partial charge in [0.25, 0.3) is 0 Å². The largest absolute Gasteiger partial charge is 0.344 e. The smallest absolute Gasteiger partial charge is 0.156 e. The van der Waals surface area contributed by atoms with Gasteiger partial charge in [-0.2, -0.15) is 0 Å². The Bertz CT molecular complexity index is 673. The van der Waals surface area contributed by atoms with E-state index in [-0.39, 0.29) is 6.04 Å². The number of benzene rings is 1. The van der Waals surface area contributed by atoms with Gasteiger partial charge in [0.15, 0.2) is 5.65 Å². The maximum Gasteiger partial charge on any atom is 0.156 e. The minimum Gasteiger partial charge on any atom is -0.344 e. The first-order valence-electron chi connectivity index (χ1n) is 6.26. The van der Waals surface area contributed by atoms with Crippen molar-refractivity contribution < 1.29 is 0 Å². The Kier molecular flexibility index (Phi) is 3.01. The molecule has 1 atom stereocenters. The lowest BCUT2D eigenvalue weighted by Crippen LogP contribution is -2.20. The van der Waals surface area contributed by atoms with Gasteiger partial charge in [-0.3, -0.25) is 9.88 Å². The maximum absolute atomic E-state index is 4.45. The summed E-state index contributed by atoms with van der Waals surface area (Å²) in [6.07, 6.45) is 5.44. The standard InChI is InChI=1S/C15H16N4/c1-19(2)14(11-6-4-3-5-7-11)12-10-18-15-13(12)16-8-9-17-15/h3-10,14H,1-2H3,(H,17,18). The van der Waals surface area contributed by atoms with E-state index in [1.54, 1.807) is 12.4 Å². The van der Waals surface area contributed by atoms with Crippen LogP contribution in [0.4, 0.5) is 0 Å². The molecule has 4 nitrogen and oxygen atoms in total. The first-order valence-corrected chi connectivity index (χ1v) is 6.26. The van der Waals surface area contributed by atoms with Crippen LogP contribution in [0.3, 0.4) is 0 Å². The molecular weight excluding hydrogens is 236 g/mol. The summed E-state index contributed by atoms with van der Waals surface area (Å²) >= 11 is 0. The Morgan fingerprint density at radius 2 is 1.79 bits per heavy atom. The monoisotopic (exact) mass is 252 g/mol. The summed E-state index contributed by atoms with van der Waals surface area (Å²) in [4.78, 5) is 14.1. The van der Waals surface area contributed by atoms with Gasteiger partial charge in [-0.1, -0.05) is 30.3 Å². The molecule has 2 aromatic heterocycles. The first kappa shape index (κ1) is 11.9. The topological polar surface area (TPSA) is 44.8 Å². The van der Waals surface area contributed by atoms with E-state index in [2.05, 4.69) is 58.2 Å². The Labute approximate surface area is 112 Å².